The third kappa shape index (κ3) is 1.64. The molecule has 2 aliphatic carbocycles. The van der Waals surface area contributed by atoms with E-state index < -0.39 is 0 Å². The molecule has 1 heterocycles. The molecule has 1 fully saturated rings. The van der Waals surface area contributed by atoms with E-state index >= 15 is 0 Å². The normalized spacial score (nSPS) is 31.1. The van der Waals surface area contributed by atoms with E-state index in [0.717, 1.165) is 31.4 Å². The van der Waals surface area contributed by atoms with Gasteiger partial charge in [-0.05, 0) is 62.9 Å². The zero-order valence-corrected chi connectivity index (χ0v) is 12.9. The van der Waals surface area contributed by atoms with Gasteiger partial charge in [0.15, 0.2) is 11.5 Å². The highest BCUT2D eigenvalue weighted by atomic mass is 16.5. The van der Waals surface area contributed by atoms with Gasteiger partial charge in [-0.1, -0.05) is 12.1 Å². The number of phenols is 1. The van der Waals surface area contributed by atoms with Crippen LogP contribution in [0.2, 0.25) is 0 Å². The molecule has 2 atom stereocenters. The Labute approximate surface area is 126 Å². The van der Waals surface area contributed by atoms with E-state index in [2.05, 4.69) is 24.1 Å². The minimum Gasteiger partial charge on any atom is -0.504 e. The van der Waals surface area contributed by atoms with Crippen molar-refractivity contribution in [3.8, 4) is 11.5 Å². The molecule has 0 spiro atoms. The Balaban J connectivity index is 1.99. The maximum absolute atomic E-state index is 10.8. The van der Waals surface area contributed by atoms with Gasteiger partial charge in [0.05, 0.1) is 7.11 Å². The van der Waals surface area contributed by atoms with Gasteiger partial charge in [-0.25, -0.2) is 0 Å². The number of hydrogen-bond acceptors (Lipinski definition) is 3. The molecule has 3 aliphatic rings. The fourth-order valence-electron chi connectivity index (χ4n) is 4.84. The van der Waals surface area contributed by atoms with Gasteiger partial charge in [0.2, 0.25) is 0 Å². The number of fused-ring (bicyclic) bond motifs is 1. The lowest BCUT2D eigenvalue weighted by Gasteiger charge is -2.54. The predicted octanol–water partition coefficient (Wildman–Crippen LogP) is 3.01. The third-order valence-electron chi connectivity index (χ3n) is 5.85. The van der Waals surface area contributed by atoms with Gasteiger partial charge in [-0.2, -0.15) is 0 Å². The van der Waals surface area contributed by atoms with Crippen LogP contribution < -0.4 is 4.74 Å². The number of phenolic OH excluding ortho intramolecular Hbond substituents is 1. The van der Waals surface area contributed by atoms with Crippen LogP contribution in [0.4, 0.5) is 0 Å². The monoisotopic (exact) mass is 285 g/mol. The zero-order valence-electron chi connectivity index (χ0n) is 12.9. The molecule has 21 heavy (non-hydrogen) atoms. The van der Waals surface area contributed by atoms with Crippen LogP contribution in [0.3, 0.4) is 0 Å². The summed E-state index contributed by atoms with van der Waals surface area (Å²) in [4.78, 5) is 2.49. The number of allylic oxidation sites excluding steroid dienone is 1. The summed E-state index contributed by atoms with van der Waals surface area (Å²) in [5.74, 6) is 0.997. The second-order valence-electron chi connectivity index (χ2n) is 6.73. The summed E-state index contributed by atoms with van der Waals surface area (Å²) in [7, 11) is 3.87. The molecule has 1 aromatic rings. The lowest BCUT2D eigenvalue weighted by molar-refractivity contribution is 0.152. The molecule has 3 heteroatoms. The van der Waals surface area contributed by atoms with Crippen molar-refractivity contribution in [1.82, 2.24) is 4.90 Å². The first kappa shape index (κ1) is 13.2. The van der Waals surface area contributed by atoms with Gasteiger partial charge >= 0.3 is 0 Å². The number of methoxy groups -OCH3 is 1. The fraction of sp³-hybridized carbons (Fsp3) is 0.556. The van der Waals surface area contributed by atoms with Crippen LogP contribution in [0.25, 0.3) is 0 Å². The standard InChI is InChI=1S/C18H23NO2/c1-19-10-9-18-8-4-3-5-13(18)14(19)11-12-6-7-15(21-2)17(20)16(12)18/h5-7,14,20H,3-4,8-11H2,1-2H3/t14-,18+/m0/s1. The van der Waals surface area contributed by atoms with Crippen molar-refractivity contribution in [3.63, 3.8) is 0 Å². The first-order chi connectivity index (χ1) is 10.2. The lowest BCUT2D eigenvalue weighted by atomic mass is 9.56. The maximum atomic E-state index is 10.8. The van der Waals surface area contributed by atoms with Gasteiger partial charge < -0.3 is 9.84 Å². The van der Waals surface area contributed by atoms with Crippen molar-refractivity contribution in [2.24, 2.45) is 0 Å². The van der Waals surface area contributed by atoms with Crippen molar-refractivity contribution < 1.29 is 9.84 Å². The number of likely N-dealkylation sites (tertiary alicyclic amines) is 1. The SMILES string of the molecule is COc1ccc2c(c1O)[C@@]13CCCC=C1[C@H](C2)N(C)CC3. The molecule has 2 bridgehead atoms. The molecule has 4 rings (SSSR count). The van der Waals surface area contributed by atoms with E-state index in [1.165, 1.54) is 18.4 Å². The number of likely N-dealkylation sites (N-methyl/N-ethyl adjacent to an activating group) is 1. The minimum absolute atomic E-state index is 0.0572. The summed E-state index contributed by atoms with van der Waals surface area (Å²) < 4.78 is 5.37. The number of benzene rings is 1. The van der Waals surface area contributed by atoms with E-state index in [9.17, 15) is 5.11 Å². The van der Waals surface area contributed by atoms with Gasteiger partial charge in [0, 0.05) is 17.0 Å². The van der Waals surface area contributed by atoms with Crippen LogP contribution >= 0.6 is 0 Å². The Kier molecular flexibility index (Phi) is 2.83. The summed E-state index contributed by atoms with van der Waals surface area (Å²) in [5, 5.41) is 10.8. The van der Waals surface area contributed by atoms with Gasteiger partial charge in [-0.15, -0.1) is 0 Å². The maximum Gasteiger partial charge on any atom is 0.162 e. The Morgan fingerprint density at radius 1 is 1.33 bits per heavy atom. The summed E-state index contributed by atoms with van der Waals surface area (Å²) >= 11 is 0. The lowest BCUT2D eigenvalue weighted by Crippen LogP contribution is -2.54. The van der Waals surface area contributed by atoms with Crippen LogP contribution in [0.5, 0.6) is 11.5 Å². The summed E-state index contributed by atoms with van der Waals surface area (Å²) in [5.41, 5.74) is 4.08. The van der Waals surface area contributed by atoms with Crippen molar-refractivity contribution in [3.05, 3.63) is 34.9 Å². The van der Waals surface area contributed by atoms with Gasteiger partial charge in [-0.3, -0.25) is 4.90 Å². The molecule has 1 aromatic carbocycles. The second kappa shape index (κ2) is 4.51. The number of aromatic hydroxyl groups is 1. The minimum atomic E-state index is 0.0572. The molecule has 112 valence electrons. The van der Waals surface area contributed by atoms with Gasteiger partial charge in [0.25, 0.3) is 0 Å². The molecule has 0 aromatic heterocycles. The van der Waals surface area contributed by atoms with E-state index in [1.54, 1.807) is 12.7 Å². The molecule has 0 amide bonds. The van der Waals surface area contributed by atoms with E-state index in [4.69, 9.17) is 4.74 Å². The number of piperidine rings is 1. The molecule has 1 N–H and O–H groups in total. The first-order valence-electron chi connectivity index (χ1n) is 7.97. The number of ether oxygens (including phenoxy) is 1. The predicted molar refractivity (Wildman–Crippen MR) is 83.0 cm³/mol. The molecule has 1 aliphatic heterocycles. The largest absolute Gasteiger partial charge is 0.504 e. The molecule has 0 unspecified atom stereocenters. The van der Waals surface area contributed by atoms with Crippen LogP contribution in [0, 0.1) is 0 Å². The number of nitrogens with zero attached hydrogens (tertiary/aromatic N) is 1. The summed E-state index contributed by atoms with van der Waals surface area (Å²) in [6, 6.07) is 4.59. The summed E-state index contributed by atoms with van der Waals surface area (Å²) in [6.07, 6.45) is 8.14. The highest BCUT2D eigenvalue weighted by Crippen LogP contribution is 2.56. The fourth-order valence-corrected chi connectivity index (χ4v) is 4.84. The van der Waals surface area contributed by atoms with Crippen molar-refractivity contribution >= 4 is 0 Å². The zero-order chi connectivity index (χ0) is 14.6. The van der Waals surface area contributed by atoms with Crippen LogP contribution in [0.15, 0.2) is 23.8 Å². The Morgan fingerprint density at radius 3 is 3.00 bits per heavy atom. The third-order valence-corrected chi connectivity index (χ3v) is 5.85. The number of rotatable bonds is 1. The van der Waals surface area contributed by atoms with Crippen molar-refractivity contribution in [2.45, 2.75) is 43.6 Å². The average molecular weight is 285 g/mol. The Bertz CT molecular complexity index is 622. The highest BCUT2D eigenvalue weighted by molar-refractivity contribution is 5.61. The van der Waals surface area contributed by atoms with Crippen LogP contribution in [-0.2, 0) is 11.8 Å². The van der Waals surface area contributed by atoms with E-state index in [-0.39, 0.29) is 5.41 Å². The summed E-state index contributed by atoms with van der Waals surface area (Å²) in [6.45, 7) is 1.11. The molecule has 3 nitrogen and oxygen atoms in total. The van der Waals surface area contributed by atoms with E-state index in [0.29, 0.717) is 17.5 Å². The highest BCUT2D eigenvalue weighted by Gasteiger charge is 2.50. The molecule has 1 saturated heterocycles. The van der Waals surface area contributed by atoms with Gasteiger partial charge in [0.1, 0.15) is 0 Å². The smallest absolute Gasteiger partial charge is 0.162 e. The van der Waals surface area contributed by atoms with Crippen LogP contribution in [0.1, 0.15) is 36.8 Å². The van der Waals surface area contributed by atoms with Crippen molar-refractivity contribution in [1.29, 1.82) is 0 Å². The average Bonchev–Trinajstić information content (AvgIpc) is 2.51. The molecule has 0 saturated carbocycles. The first-order valence-corrected chi connectivity index (χ1v) is 7.97. The van der Waals surface area contributed by atoms with Crippen LogP contribution in [-0.4, -0.2) is 36.8 Å². The second-order valence-corrected chi connectivity index (χ2v) is 6.73. The van der Waals surface area contributed by atoms with E-state index in [1.807, 2.05) is 6.07 Å². The Morgan fingerprint density at radius 2 is 2.19 bits per heavy atom. The quantitative estimate of drug-likeness (QED) is 0.805. The topological polar surface area (TPSA) is 32.7 Å². The molecular weight excluding hydrogens is 262 g/mol. The number of hydrogen-bond donors (Lipinski definition) is 1. The van der Waals surface area contributed by atoms with Crippen molar-refractivity contribution in [2.75, 3.05) is 20.7 Å². The Hall–Kier alpha value is -1.48. The molecular formula is C18H23NO2. The molecule has 0 radical (unpaired) electrons.